The summed E-state index contributed by atoms with van der Waals surface area (Å²) in [7, 11) is 7.21. The molecule has 8 rings (SSSR count). The Morgan fingerprint density at radius 3 is 2.32 bits per heavy atom. The van der Waals surface area contributed by atoms with Gasteiger partial charge in [-0.1, -0.05) is 30.7 Å². The number of pyridine rings is 1. The second-order valence-electron chi connectivity index (χ2n) is 21.4. The molecule has 76 heavy (non-hydrogen) atoms. The normalized spacial score (nSPS) is 19.3. The van der Waals surface area contributed by atoms with Gasteiger partial charge in [0.15, 0.2) is 5.82 Å². The van der Waals surface area contributed by atoms with Crippen molar-refractivity contribution < 1.29 is 62.5 Å². The van der Waals surface area contributed by atoms with Gasteiger partial charge >= 0.3 is 25.0 Å². The van der Waals surface area contributed by atoms with Crippen molar-refractivity contribution in [2.45, 2.75) is 115 Å². The van der Waals surface area contributed by atoms with Crippen molar-refractivity contribution >= 4 is 46.8 Å². The molecule has 1 saturated carbocycles. The van der Waals surface area contributed by atoms with E-state index in [2.05, 4.69) is 65.5 Å². The number of rotatable bonds is 20. The van der Waals surface area contributed by atoms with Gasteiger partial charge in [-0.15, -0.1) is 10.2 Å². The Labute approximate surface area is 459 Å². The second kappa shape index (κ2) is 26.3. The summed E-state index contributed by atoms with van der Waals surface area (Å²) in [4.78, 5) is 67.9. The van der Waals surface area contributed by atoms with Gasteiger partial charge in [0.05, 0.1) is 11.4 Å². The SMILES string of the molecule is [CH2-]OC(=O)C1(C(=O)N[C@@H](CCCCN(C)C)C(=O)Nc2ccc(COc3ccccc3-c3cc(N4CC5CCC(C4)N5c4ccnc(OCCN5CCN(C(=O)OC(C)(C)C)C[C@H]5C)c4)c(N)nn3)cc2)CCC1.[Li+].[OH-]. The van der Waals surface area contributed by atoms with Gasteiger partial charge in [0.1, 0.15) is 36.0 Å². The molecule has 5 heterocycles. The maximum absolute atomic E-state index is 13.7. The standard InChI is InChI=1S/C55H74N11O8.Li.H2O/c1-37-33-64(53(70)74-54(2,3)4)28-27-63(37)29-30-72-48-31-40(22-25-57-48)66-41-20-21-42(66)35-65(34-41)46-32-45(60-61-49(46)56)43-13-8-9-15-47(43)73-36-38-16-18-39(19-17-38)58-50(67)44(14-10-11-26-62(5)6)59-51(68)55(23-12-24-55)52(69)71-7;;/h8-9,13,15-19,22,25,31-32,37,41-42,44H,7,10-12,14,20-21,23-24,26-30,33-36H2,1-6H3,(H2,56,61)(H,58,67)(H,59,68);;1H2/q-1;+1;/p-1/t37-,41?,42?,44+;;/m1../s1. The second-order valence-corrected chi connectivity index (χ2v) is 21.4. The summed E-state index contributed by atoms with van der Waals surface area (Å²) in [6.45, 7) is 13.6. The number of para-hydroxylation sites is 1. The molecule has 4 atom stereocenters. The van der Waals surface area contributed by atoms with E-state index in [1.165, 1.54) is 0 Å². The molecule has 2 bridgehead atoms. The molecule has 2 aromatic heterocycles. The summed E-state index contributed by atoms with van der Waals surface area (Å²) >= 11 is 0. The Hall–Kier alpha value is -6.17. The van der Waals surface area contributed by atoms with Crippen LogP contribution in [0.1, 0.15) is 84.6 Å². The zero-order chi connectivity index (χ0) is 52.6. The molecular weight excluding hydrogens is 966 g/mol. The first-order valence-corrected chi connectivity index (χ1v) is 26.0. The van der Waals surface area contributed by atoms with Gasteiger partial charge in [0.2, 0.25) is 17.7 Å². The van der Waals surface area contributed by atoms with Crippen molar-refractivity contribution in [3.63, 3.8) is 0 Å². The van der Waals surface area contributed by atoms with Crippen molar-refractivity contribution in [2.24, 2.45) is 5.41 Å². The van der Waals surface area contributed by atoms with Crippen molar-refractivity contribution in [1.82, 2.24) is 35.2 Å². The van der Waals surface area contributed by atoms with Gasteiger partial charge in [0.25, 0.3) is 5.97 Å². The number of piperazine rings is 2. The molecule has 1 aliphatic carbocycles. The van der Waals surface area contributed by atoms with Gasteiger partial charge in [-0.2, -0.15) is 7.11 Å². The third-order valence-electron chi connectivity index (χ3n) is 14.6. The van der Waals surface area contributed by atoms with Crippen LogP contribution in [-0.2, 0) is 30.5 Å². The molecule has 3 saturated heterocycles. The first-order valence-electron chi connectivity index (χ1n) is 26.0. The zero-order valence-corrected chi connectivity index (χ0v) is 45.3. The van der Waals surface area contributed by atoms with Crippen LogP contribution < -0.4 is 54.5 Å². The number of nitrogens with zero attached hydrogens (tertiary/aromatic N) is 8. The predicted octanol–water partition coefficient (Wildman–Crippen LogP) is 3.36. The molecule has 20 nitrogen and oxygen atoms in total. The minimum absolute atomic E-state index is 0. The number of carbonyl (C=O) groups excluding carboxylic acids is 4. The van der Waals surface area contributed by atoms with E-state index in [-0.39, 0.29) is 61.1 Å². The van der Waals surface area contributed by atoms with E-state index in [1.54, 1.807) is 17.0 Å². The van der Waals surface area contributed by atoms with Gasteiger partial charge in [-0.25, -0.2) is 9.78 Å². The predicted molar refractivity (Wildman–Crippen MR) is 285 cm³/mol. The number of amides is 3. The summed E-state index contributed by atoms with van der Waals surface area (Å²) < 4.78 is 23.0. The number of hydrogen-bond donors (Lipinski definition) is 3. The van der Waals surface area contributed by atoms with Crippen molar-refractivity contribution in [3.05, 3.63) is 85.6 Å². The number of ether oxygens (including phenoxy) is 4. The molecule has 4 aromatic rings. The Morgan fingerprint density at radius 1 is 0.934 bits per heavy atom. The van der Waals surface area contributed by atoms with Crippen LogP contribution in [0.5, 0.6) is 11.6 Å². The van der Waals surface area contributed by atoms with Crippen LogP contribution in [0.2, 0.25) is 0 Å². The van der Waals surface area contributed by atoms with Gasteiger partial charge in [0, 0.05) is 86.6 Å². The van der Waals surface area contributed by atoms with Gasteiger partial charge in [-0.3, -0.25) is 19.3 Å². The average molecular weight is 1040 g/mol. The minimum atomic E-state index is -1.30. The molecule has 406 valence electrons. The van der Waals surface area contributed by atoms with E-state index in [4.69, 9.17) is 24.7 Å². The Kier molecular flexibility index (Phi) is 20.4. The summed E-state index contributed by atoms with van der Waals surface area (Å²) in [5, 5.41) is 14.8. The Balaban J connectivity index is 0.00000469. The molecule has 3 amide bonds. The molecule has 2 aromatic carbocycles. The summed E-state index contributed by atoms with van der Waals surface area (Å²) in [5.41, 5.74) is 9.52. The van der Waals surface area contributed by atoms with E-state index >= 15 is 0 Å². The van der Waals surface area contributed by atoms with Crippen molar-refractivity contribution in [1.29, 1.82) is 0 Å². The van der Waals surface area contributed by atoms with Crippen LogP contribution in [0.3, 0.4) is 0 Å². The van der Waals surface area contributed by atoms with E-state index in [1.807, 2.05) is 89.6 Å². The largest absolute Gasteiger partial charge is 1.00 e. The number of benzene rings is 2. The van der Waals surface area contributed by atoms with Crippen LogP contribution in [0, 0.1) is 12.5 Å². The molecule has 3 aliphatic heterocycles. The van der Waals surface area contributed by atoms with Crippen LogP contribution in [0.4, 0.5) is 27.7 Å². The summed E-state index contributed by atoms with van der Waals surface area (Å²) in [6, 6.07) is 21.0. The fourth-order valence-electron chi connectivity index (χ4n) is 10.4. The number of anilines is 4. The maximum atomic E-state index is 13.7. The van der Waals surface area contributed by atoms with Crippen molar-refractivity contribution in [2.75, 3.05) is 87.4 Å². The smallest absolute Gasteiger partial charge is 0.870 e. The fraction of sp³-hybridized carbons (Fsp3) is 0.527. The number of carbonyl (C=O) groups is 4. The molecule has 4 fully saturated rings. The van der Waals surface area contributed by atoms with E-state index in [9.17, 15) is 19.2 Å². The van der Waals surface area contributed by atoms with E-state index in [0.717, 1.165) is 80.9 Å². The first-order chi connectivity index (χ1) is 35.5. The third-order valence-corrected chi connectivity index (χ3v) is 14.6. The average Bonchev–Trinajstić information content (AvgIpc) is 3.62. The summed E-state index contributed by atoms with van der Waals surface area (Å²) in [5.74, 6) is 0.0520. The van der Waals surface area contributed by atoms with Crippen molar-refractivity contribution in [3.8, 4) is 22.9 Å². The minimum Gasteiger partial charge on any atom is -0.870 e. The van der Waals surface area contributed by atoms with Crippen LogP contribution in [-0.4, -0.2) is 156 Å². The topological polar surface area (TPSA) is 240 Å². The maximum Gasteiger partial charge on any atom is 1.00 e. The molecule has 21 heteroatoms. The molecule has 4 aliphatic rings. The van der Waals surface area contributed by atoms with Crippen LogP contribution in [0.15, 0.2) is 72.9 Å². The quantitative estimate of drug-likeness (QED) is 0.0378. The number of aromatic nitrogens is 3. The third kappa shape index (κ3) is 14.4. The molecule has 5 N–H and O–H groups in total. The number of hydrogen-bond acceptors (Lipinski definition) is 17. The number of unbranched alkanes of at least 4 members (excludes halogenated alkanes) is 1. The zero-order valence-electron chi connectivity index (χ0n) is 45.3. The molecule has 0 spiro atoms. The Morgan fingerprint density at radius 2 is 1.66 bits per heavy atom. The summed E-state index contributed by atoms with van der Waals surface area (Å²) in [6.07, 6.45) is 7.03. The number of nitrogen functional groups attached to an aromatic ring is 1. The van der Waals surface area contributed by atoms with E-state index < -0.39 is 28.9 Å². The monoisotopic (exact) mass is 1040 g/mol. The molecule has 0 radical (unpaired) electrons. The Bertz CT molecular complexity index is 2590. The number of esters is 1. The van der Waals surface area contributed by atoms with E-state index in [0.29, 0.717) is 74.2 Å². The van der Waals surface area contributed by atoms with Gasteiger partial charge in [-0.05, 0) is 135 Å². The number of fused-ring (bicyclic) bond motifs is 2. The fourth-order valence-corrected chi connectivity index (χ4v) is 10.4. The number of nitrogens with two attached hydrogens (primary N) is 1. The number of nitrogens with one attached hydrogen (secondary N) is 2. The molecular formula is C55H75LiN11O9-. The molecule has 2 unspecified atom stereocenters. The van der Waals surface area contributed by atoms with Crippen LogP contribution >= 0.6 is 0 Å². The first kappa shape index (κ1) is 59.1. The van der Waals surface area contributed by atoms with Crippen LogP contribution in [0.25, 0.3) is 11.3 Å². The van der Waals surface area contributed by atoms with Gasteiger partial charge < -0.3 is 60.4 Å².